The number of thioether (sulfide) groups is 1. The van der Waals surface area contributed by atoms with E-state index in [0.717, 1.165) is 12.8 Å². The minimum Gasteiger partial charge on any atom is -0.211 e. The molecule has 0 bridgehead atoms. The molecule has 0 unspecified atom stereocenters. The minimum atomic E-state index is -0.242. The van der Waals surface area contributed by atoms with E-state index in [4.69, 9.17) is 0 Å². The molecule has 0 heterocycles. The molecule has 0 amide bonds. The maximum atomic E-state index is 10.4. The normalized spacial score (nSPS) is 16.9. The van der Waals surface area contributed by atoms with E-state index in [0.29, 0.717) is 0 Å². The molecule has 0 saturated heterocycles. The molecule has 1 aromatic rings. The first-order valence-electron chi connectivity index (χ1n) is 4.96. The average Bonchev–Trinajstić information content (AvgIpc) is 2.99. The number of hydrogen-bond acceptors (Lipinski definition) is 3. The van der Waals surface area contributed by atoms with Crippen molar-refractivity contribution in [3.8, 4) is 0 Å². The van der Waals surface area contributed by atoms with E-state index < -0.39 is 0 Å². The molecule has 1 aliphatic carbocycles. The summed E-state index contributed by atoms with van der Waals surface area (Å²) in [7, 11) is 0. The second kappa shape index (κ2) is 3.84. The first-order valence-corrected chi connectivity index (χ1v) is 6.18. The van der Waals surface area contributed by atoms with Gasteiger partial charge in [0.2, 0.25) is 6.08 Å². The lowest BCUT2D eigenvalue weighted by Crippen LogP contribution is -2.04. The maximum absolute atomic E-state index is 10.4. The van der Waals surface area contributed by atoms with Gasteiger partial charge in [-0.15, -0.1) is 11.8 Å². The van der Waals surface area contributed by atoms with Crippen molar-refractivity contribution in [2.45, 2.75) is 30.2 Å². The Morgan fingerprint density at radius 3 is 2.73 bits per heavy atom. The van der Waals surface area contributed by atoms with Crippen LogP contribution in [0.4, 0.5) is 0 Å². The molecule has 0 aliphatic heterocycles. The Labute approximate surface area is 93.8 Å². The van der Waals surface area contributed by atoms with Crippen LogP contribution in [-0.2, 0) is 10.3 Å². The molecule has 0 atom stereocenters. The fraction of sp³-hybridized carbons (Fsp3) is 0.417. The molecule has 1 aromatic carbocycles. The summed E-state index contributed by atoms with van der Waals surface area (Å²) in [6.45, 7) is 2.08. The summed E-state index contributed by atoms with van der Waals surface area (Å²) >= 11 is 1.71. The molecular weight excluding hydrogens is 206 g/mol. The number of nitrogens with zero attached hydrogens (tertiary/aromatic N) is 1. The lowest BCUT2D eigenvalue weighted by atomic mass is 10.0. The molecular formula is C12H13NOS. The highest BCUT2D eigenvalue weighted by atomic mass is 32.2. The second-order valence-corrected chi connectivity index (χ2v) is 4.79. The Morgan fingerprint density at radius 2 is 2.20 bits per heavy atom. The van der Waals surface area contributed by atoms with Gasteiger partial charge < -0.3 is 0 Å². The van der Waals surface area contributed by atoms with Crippen molar-refractivity contribution in [2.75, 3.05) is 6.26 Å². The first-order chi connectivity index (χ1) is 7.22. The Balaban J connectivity index is 2.48. The zero-order chi connectivity index (χ0) is 10.9. The zero-order valence-electron chi connectivity index (χ0n) is 8.91. The lowest BCUT2D eigenvalue weighted by molar-refractivity contribution is 0.555. The smallest absolute Gasteiger partial charge is 0.211 e. The van der Waals surface area contributed by atoms with Crippen molar-refractivity contribution in [3.05, 3.63) is 29.3 Å². The minimum absolute atomic E-state index is 0.242. The summed E-state index contributed by atoms with van der Waals surface area (Å²) in [5.74, 6) is 0. The maximum Gasteiger partial charge on any atom is 0.235 e. The molecule has 2 rings (SSSR count). The summed E-state index contributed by atoms with van der Waals surface area (Å²) in [6, 6.07) is 6.32. The summed E-state index contributed by atoms with van der Waals surface area (Å²) in [5.41, 5.74) is 2.19. The predicted molar refractivity (Wildman–Crippen MR) is 62.0 cm³/mol. The molecule has 1 aliphatic rings. The van der Waals surface area contributed by atoms with Crippen molar-refractivity contribution < 1.29 is 4.79 Å². The molecule has 1 saturated carbocycles. The van der Waals surface area contributed by atoms with Crippen LogP contribution in [0.3, 0.4) is 0 Å². The number of aliphatic imine (C=N–C) groups is 1. The first kappa shape index (κ1) is 10.5. The Bertz CT molecular complexity index is 431. The molecule has 78 valence electrons. The lowest BCUT2D eigenvalue weighted by Gasteiger charge is -2.13. The van der Waals surface area contributed by atoms with Crippen molar-refractivity contribution in [1.82, 2.24) is 0 Å². The third-order valence-corrected chi connectivity index (χ3v) is 3.62. The Hall–Kier alpha value is -1.05. The van der Waals surface area contributed by atoms with Crippen molar-refractivity contribution >= 4 is 17.8 Å². The molecule has 1 fully saturated rings. The van der Waals surface area contributed by atoms with Crippen molar-refractivity contribution in [3.63, 3.8) is 0 Å². The number of hydrogen-bond donors (Lipinski definition) is 0. The van der Waals surface area contributed by atoms with Crippen LogP contribution in [0, 0.1) is 6.92 Å². The number of aryl methyl sites for hydroxylation is 1. The van der Waals surface area contributed by atoms with Gasteiger partial charge in [0.1, 0.15) is 0 Å². The van der Waals surface area contributed by atoms with Gasteiger partial charge in [-0.25, -0.2) is 4.79 Å². The standard InChI is InChI=1S/C12H13NOS/c1-9-3-4-10(11(7-9)15-2)12(5-6-12)13-8-14/h3-4,7H,5-6H2,1-2H3. The molecule has 3 heteroatoms. The third-order valence-electron chi connectivity index (χ3n) is 2.84. The molecule has 0 N–H and O–H groups in total. The van der Waals surface area contributed by atoms with Gasteiger partial charge in [0.25, 0.3) is 0 Å². The van der Waals surface area contributed by atoms with Crippen LogP contribution in [0.5, 0.6) is 0 Å². The fourth-order valence-electron chi connectivity index (χ4n) is 1.83. The molecule has 15 heavy (non-hydrogen) atoms. The molecule has 0 spiro atoms. The molecule has 2 nitrogen and oxygen atoms in total. The Kier molecular flexibility index (Phi) is 2.68. The van der Waals surface area contributed by atoms with Crippen LogP contribution in [0.15, 0.2) is 28.1 Å². The zero-order valence-corrected chi connectivity index (χ0v) is 9.73. The van der Waals surface area contributed by atoms with Gasteiger partial charge in [0, 0.05) is 4.90 Å². The van der Waals surface area contributed by atoms with E-state index in [1.165, 1.54) is 16.0 Å². The molecule has 0 aromatic heterocycles. The van der Waals surface area contributed by atoms with E-state index in [1.807, 2.05) is 0 Å². The van der Waals surface area contributed by atoms with Gasteiger partial charge in [-0.2, -0.15) is 4.99 Å². The number of isocyanates is 1. The van der Waals surface area contributed by atoms with Gasteiger partial charge in [-0.3, -0.25) is 0 Å². The summed E-state index contributed by atoms with van der Waals surface area (Å²) in [5, 5.41) is 0. The van der Waals surface area contributed by atoms with Gasteiger partial charge in [-0.05, 0) is 43.2 Å². The average molecular weight is 219 g/mol. The molecule has 0 radical (unpaired) electrons. The number of rotatable bonds is 3. The summed E-state index contributed by atoms with van der Waals surface area (Å²) in [6.07, 6.45) is 5.70. The van der Waals surface area contributed by atoms with Crippen LogP contribution in [0.1, 0.15) is 24.0 Å². The highest BCUT2D eigenvalue weighted by Gasteiger charge is 2.46. The van der Waals surface area contributed by atoms with E-state index >= 15 is 0 Å². The van der Waals surface area contributed by atoms with Crippen molar-refractivity contribution in [1.29, 1.82) is 0 Å². The summed E-state index contributed by atoms with van der Waals surface area (Å²) in [4.78, 5) is 15.6. The summed E-state index contributed by atoms with van der Waals surface area (Å²) < 4.78 is 0. The van der Waals surface area contributed by atoms with Crippen molar-refractivity contribution in [2.24, 2.45) is 4.99 Å². The monoisotopic (exact) mass is 219 g/mol. The quantitative estimate of drug-likeness (QED) is 0.444. The van der Waals surface area contributed by atoms with Gasteiger partial charge in [-0.1, -0.05) is 12.1 Å². The van der Waals surface area contributed by atoms with Gasteiger partial charge in [0.15, 0.2) is 0 Å². The van der Waals surface area contributed by atoms with Crippen LogP contribution in [-0.4, -0.2) is 12.3 Å². The topological polar surface area (TPSA) is 29.4 Å². The van der Waals surface area contributed by atoms with E-state index in [-0.39, 0.29) is 5.54 Å². The number of carbonyl (C=O) groups excluding carboxylic acids is 1. The van der Waals surface area contributed by atoms with E-state index in [2.05, 4.69) is 36.4 Å². The highest BCUT2D eigenvalue weighted by molar-refractivity contribution is 7.98. The second-order valence-electron chi connectivity index (χ2n) is 3.94. The van der Waals surface area contributed by atoms with Crippen LogP contribution in [0.25, 0.3) is 0 Å². The van der Waals surface area contributed by atoms with Gasteiger partial charge in [0.05, 0.1) is 5.54 Å². The van der Waals surface area contributed by atoms with E-state index in [9.17, 15) is 4.79 Å². The SMILES string of the molecule is CSc1cc(C)ccc1C1(N=C=O)CC1. The third kappa shape index (κ3) is 1.85. The Morgan fingerprint density at radius 1 is 1.47 bits per heavy atom. The fourth-order valence-corrected chi connectivity index (χ4v) is 2.61. The number of benzene rings is 1. The highest BCUT2D eigenvalue weighted by Crippen LogP contribution is 2.51. The van der Waals surface area contributed by atoms with Crippen LogP contribution < -0.4 is 0 Å². The van der Waals surface area contributed by atoms with E-state index in [1.54, 1.807) is 17.8 Å². The largest absolute Gasteiger partial charge is 0.235 e. The van der Waals surface area contributed by atoms with Crippen LogP contribution >= 0.6 is 11.8 Å². The van der Waals surface area contributed by atoms with Crippen LogP contribution in [0.2, 0.25) is 0 Å². The predicted octanol–water partition coefficient (Wildman–Crippen LogP) is 3.04. The van der Waals surface area contributed by atoms with Gasteiger partial charge >= 0.3 is 0 Å².